The molecule has 0 radical (unpaired) electrons. The molecular formula is C23H22N4OS2. The van der Waals surface area contributed by atoms with Crippen molar-refractivity contribution < 1.29 is 4.79 Å². The predicted molar refractivity (Wildman–Crippen MR) is 124 cm³/mol. The van der Waals surface area contributed by atoms with Gasteiger partial charge < -0.3 is 5.32 Å². The molecule has 2 aromatic heterocycles. The van der Waals surface area contributed by atoms with Gasteiger partial charge >= 0.3 is 0 Å². The number of thioether (sulfide) groups is 1. The molecule has 0 spiro atoms. The lowest BCUT2D eigenvalue weighted by molar-refractivity contribution is 0.102. The van der Waals surface area contributed by atoms with Gasteiger partial charge in [0, 0.05) is 16.5 Å². The second-order valence-electron chi connectivity index (χ2n) is 7.56. The minimum Gasteiger partial charge on any atom is -0.306 e. The van der Waals surface area contributed by atoms with Crippen LogP contribution >= 0.6 is 23.1 Å². The molecule has 0 bridgehead atoms. The molecule has 2 heterocycles. The van der Waals surface area contributed by atoms with E-state index in [4.69, 9.17) is 4.98 Å². The van der Waals surface area contributed by atoms with Crippen molar-refractivity contribution in [2.24, 2.45) is 0 Å². The number of nitrogens with one attached hydrogen (secondary N) is 1. The summed E-state index contributed by atoms with van der Waals surface area (Å²) in [6, 6.07) is 14.0. The van der Waals surface area contributed by atoms with Gasteiger partial charge in [0.25, 0.3) is 5.91 Å². The average molecular weight is 435 g/mol. The fourth-order valence-corrected chi connectivity index (χ4v) is 5.36. The lowest BCUT2D eigenvalue weighted by Gasteiger charge is -2.14. The van der Waals surface area contributed by atoms with Crippen LogP contribution in [0.5, 0.6) is 0 Å². The van der Waals surface area contributed by atoms with Crippen molar-refractivity contribution in [1.82, 2.24) is 14.8 Å². The number of rotatable bonds is 4. The Labute approximate surface area is 183 Å². The number of benzene rings is 2. The summed E-state index contributed by atoms with van der Waals surface area (Å²) in [6.07, 6.45) is 6.80. The van der Waals surface area contributed by atoms with E-state index in [1.54, 1.807) is 27.8 Å². The summed E-state index contributed by atoms with van der Waals surface area (Å²) in [4.78, 5) is 18.7. The number of anilines is 1. The van der Waals surface area contributed by atoms with E-state index in [0.717, 1.165) is 34.1 Å². The molecule has 5 nitrogen and oxygen atoms in total. The van der Waals surface area contributed by atoms with Gasteiger partial charge in [-0.25, -0.2) is 4.98 Å². The van der Waals surface area contributed by atoms with Gasteiger partial charge in [0.15, 0.2) is 0 Å². The maximum Gasteiger partial charge on any atom is 0.256 e. The first-order valence-electron chi connectivity index (χ1n) is 10.1. The average Bonchev–Trinajstić information content (AvgIpc) is 3.34. The lowest BCUT2D eigenvalue weighted by Crippen LogP contribution is -2.15. The Hall–Kier alpha value is -2.64. The number of carbonyl (C=O) groups is 1. The Bertz CT molecular complexity index is 1210. The zero-order chi connectivity index (χ0) is 20.7. The van der Waals surface area contributed by atoms with Crippen LogP contribution in [0.15, 0.2) is 47.4 Å². The molecule has 2 aromatic carbocycles. The number of aromatic nitrogens is 3. The van der Waals surface area contributed by atoms with Crippen LogP contribution in [0.4, 0.5) is 5.82 Å². The highest BCUT2D eigenvalue weighted by Gasteiger charge is 2.17. The van der Waals surface area contributed by atoms with Crippen molar-refractivity contribution in [1.29, 1.82) is 0 Å². The van der Waals surface area contributed by atoms with E-state index >= 15 is 0 Å². The second kappa shape index (κ2) is 7.89. The third-order valence-corrected chi connectivity index (χ3v) is 7.15. The number of hydrogen-bond donors (Lipinski definition) is 1. The first kappa shape index (κ1) is 19.3. The van der Waals surface area contributed by atoms with Crippen molar-refractivity contribution >= 4 is 45.0 Å². The summed E-state index contributed by atoms with van der Waals surface area (Å²) in [5.41, 5.74) is 5.34. The van der Waals surface area contributed by atoms with Gasteiger partial charge in [-0.2, -0.15) is 9.78 Å². The third-order valence-electron chi connectivity index (χ3n) is 5.43. The van der Waals surface area contributed by atoms with Gasteiger partial charge in [0.2, 0.25) is 5.13 Å². The van der Waals surface area contributed by atoms with Crippen LogP contribution in [0.2, 0.25) is 0 Å². The number of amides is 1. The molecular weight excluding hydrogens is 412 g/mol. The summed E-state index contributed by atoms with van der Waals surface area (Å²) in [7, 11) is 0. The lowest BCUT2D eigenvalue weighted by atomic mass is 9.92. The second-order valence-corrected chi connectivity index (χ2v) is 9.45. The molecule has 152 valence electrons. The van der Waals surface area contributed by atoms with Gasteiger partial charge in [-0.15, -0.1) is 11.8 Å². The van der Waals surface area contributed by atoms with E-state index in [1.807, 2.05) is 43.5 Å². The van der Waals surface area contributed by atoms with Crippen LogP contribution in [-0.4, -0.2) is 26.9 Å². The number of fused-ring (bicyclic) bond motifs is 2. The first-order valence-corrected chi connectivity index (χ1v) is 12.1. The van der Waals surface area contributed by atoms with Crippen LogP contribution in [-0.2, 0) is 12.8 Å². The fourth-order valence-electron chi connectivity index (χ4n) is 3.92. The Balaban J connectivity index is 1.49. The molecule has 0 saturated carbocycles. The quantitative estimate of drug-likeness (QED) is 0.422. The standard InChI is InChI=1S/C23H22N4OS2/c1-14-10-21(25-22(28)17-8-5-9-18(11-17)29-2)27(26-14)23-24-19-12-15-6-3-4-7-16(15)13-20(19)30-23/h5,8-13H,3-4,6-7H2,1-2H3,(H,25,28). The zero-order valence-corrected chi connectivity index (χ0v) is 18.6. The summed E-state index contributed by atoms with van der Waals surface area (Å²) in [6.45, 7) is 1.92. The van der Waals surface area contributed by atoms with E-state index < -0.39 is 0 Å². The summed E-state index contributed by atoms with van der Waals surface area (Å²) in [5.74, 6) is 0.486. The monoisotopic (exact) mass is 434 g/mol. The highest BCUT2D eigenvalue weighted by molar-refractivity contribution is 7.98. The van der Waals surface area contributed by atoms with Gasteiger partial charge in [-0.1, -0.05) is 17.4 Å². The van der Waals surface area contributed by atoms with Crippen molar-refractivity contribution in [3.63, 3.8) is 0 Å². The summed E-state index contributed by atoms with van der Waals surface area (Å²) >= 11 is 3.23. The maximum atomic E-state index is 12.8. The smallest absolute Gasteiger partial charge is 0.256 e. The third kappa shape index (κ3) is 3.63. The topological polar surface area (TPSA) is 59.8 Å². The maximum absolute atomic E-state index is 12.8. The SMILES string of the molecule is CSc1cccc(C(=O)Nc2cc(C)nn2-c2nc3cc4c(cc3s2)CCCC4)c1. The number of hydrogen-bond acceptors (Lipinski definition) is 5. The van der Waals surface area contributed by atoms with Gasteiger partial charge in [0.05, 0.1) is 15.9 Å². The molecule has 5 rings (SSSR count). The highest BCUT2D eigenvalue weighted by Crippen LogP contribution is 2.32. The van der Waals surface area contributed by atoms with Gasteiger partial charge in [-0.05, 0) is 80.3 Å². The first-order chi connectivity index (χ1) is 14.6. The molecule has 30 heavy (non-hydrogen) atoms. The number of thiazole rings is 1. The fraction of sp³-hybridized carbons (Fsp3) is 0.261. The minimum atomic E-state index is -0.149. The molecule has 0 atom stereocenters. The van der Waals surface area contributed by atoms with E-state index in [1.165, 1.54) is 28.7 Å². The van der Waals surface area contributed by atoms with Crippen molar-refractivity contribution in [3.8, 4) is 5.13 Å². The largest absolute Gasteiger partial charge is 0.306 e. The molecule has 1 amide bonds. The van der Waals surface area contributed by atoms with Crippen LogP contribution in [0, 0.1) is 6.92 Å². The van der Waals surface area contributed by atoms with Crippen molar-refractivity contribution in [3.05, 3.63) is 64.8 Å². The number of nitrogens with zero attached hydrogens (tertiary/aromatic N) is 3. The molecule has 0 saturated heterocycles. The molecule has 0 aliphatic heterocycles. The Morgan fingerprint density at radius 3 is 2.73 bits per heavy atom. The van der Waals surface area contributed by atoms with E-state index in [9.17, 15) is 4.79 Å². The Morgan fingerprint density at radius 1 is 1.13 bits per heavy atom. The zero-order valence-electron chi connectivity index (χ0n) is 16.9. The molecule has 7 heteroatoms. The Morgan fingerprint density at radius 2 is 1.93 bits per heavy atom. The highest BCUT2D eigenvalue weighted by atomic mass is 32.2. The van der Waals surface area contributed by atoms with E-state index in [-0.39, 0.29) is 5.91 Å². The summed E-state index contributed by atoms with van der Waals surface area (Å²) in [5, 5.41) is 8.39. The predicted octanol–water partition coefficient (Wildman–Crippen LogP) is 5.64. The van der Waals surface area contributed by atoms with E-state index in [0.29, 0.717) is 11.4 Å². The molecule has 1 aliphatic carbocycles. The van der Waals surface area contributed by atoms with Crippen LogP contribution < -0.4 is 5.32 Å². The van der Waals surface area contributed by atoms with Gasteiger partial charge in [0.1, 0.15) is 5.82 Å². The number of carbonyl (C=O) groups excluding carboxylic acids is 1. The van der Waals surface area contributed by atoms with Crippen LogP contribution in [0.25, 0.3) is 15.3 Å². The molecule has 4 aromatic rings. The van der Waals surface area contributed by atoms with Gasteiger partial charge in [-0.3, -0.25) is 4.79 Å². The van der Waals surface area contributed by atoms with Crippen LogP contribution in [0.3, 0.4) is 0 Å². The molecule has 0 unspecified atom stereocenters. The normalized spacial score (nSPS) is 13.4. The summed E-state index contributed by atoms with van der Waals surface area (Å²) < 4.78 is 2.92. The van der Waals surface area contributed by atoms with E-state index in [2.05, 4.69) is 22.5 Å². The van der Waals surface area contributed by atoms with Crippen LogP contribution in [0.1, 0.15) is 40.0 Å². The molecule has 1 aliphatic rings. The minimum absolute atomic E-state index is 0.149. The molecule has 0 fully saturated rings. The Kier molecular flexibility index (Phi) is 5.08. The number of aryl methyl sites for hydroxylation is 3. The van der Waals surface area contributed by atoms with Crippen molar-refractivity contribution in [2.45, 2.75) is 37.5 Å². The molecule has 1 N–H and O–H groups in total. The van der Waals surface area contributed by atoms with Crippen molar-refractivity contribution in [2.75, 3.05) is 11.6 Å².